The van der Waals surface area contributed by atoms with Crippen LogP contribution in [-0.2, 0) is 13.1 Å². The van der Waals surface area contributed by atoms with Gasteiger partial charge in [-0.3, -0.25) is 0 Å². The van der Waals surface area contributed by atoms with Crippen molar-refractivity contribution in [2.45, 2.75) is 239 Å². The van der Waals surface area contributed by atoms with Gasteiger partial charge in [-0.2, -0.15) is 0 Å². The van der Waals surface area contributed by atoms with E-state index in [1.165, 1.54) is 212 Å². The van der Waals surface area contributed by atoms with Gasteiger partial charge in [0.25, 0.3) is 0 Å². The summed E-state index contributed by atoms with van der Waals surface area (Å²) in [6.45, 7) is 9.13. The van der Waals surface area contributed by atoms with Crippen molar-refractivity contribution >= 4 is 0 Å². The molecular weight excluding hydrogens is 556 g/mol. The first-order chi connectivity index (χ1) is 21.3. The maximum absolute atomic E-state index is 2.40. The Morgan fingerprint density at radius 3 is 1.07 bits per heavy atom. The molecule has 0 aliphatic heterocycles. The number of rotatable bonds is 35. The van der Waals surface area contributed by atoms with Crippen molar-refractivity contribution in [2.24, 2.45) is 5.92 Å². The predicted octanol–water partition coefficient (Wildman–Crippen LogP) is 10.9. The van der Waals surface area contributed by atoms with Crippen LogP contribution in [0.15, 0.2) is 18.7 Å². The average molecular weight is 638 g/mol. The van der Waals surface area contributed by atoms with Crippen LogP contribution in [0.4, 0.5) is 0 Å². The SMILES string of the molecule is CCCCCCCCCCCCCCCCC(CCCCCCCCCCCCCCCC)CCC[n+]1ccn(CC)c1.[Cl-]. The minimum absolute atomic E-state index is 0. The van der Waals surface area contributed by atoms with Gasteiger partial charge < -0.3 is 12.4 Å². The normalized spacial score (nSPS) is 11.5. The van der Waals surface area contributed by atoms with Crippen molar-refractivity contribution in [1.82, 2.24) is 4.57 Å². The number of imidazole rings is 1. The lowest BCUT2D eigenvalue weighted by Crippen LogP contribution is -3.00. The summed E-state index contributed by atoms with van der Waals surface area (Å²) < 4.78 is 4.69. The maximum atomic E-state index is 2.40. The van der Waals surface area contributed by atoms with Gasteiger partial charge in [-0.25, -0.2) is 9.13 Å². The Labute approximate surface area is 284 Å². The third-order valence-corrected chi connectivity index (χ3v) is 10.1. The lowest BCUT2D eigenvalue weighted by Gasteiger charge is -2.16. The molecular formula is C41H81ClN2. The van der Waals surface area contributed by atoms with Gasteiger partial charge in [0.05, 0.1) is 13.1 Å². The second-order valence-corrected chi connectivity index (χ2v) is 14.3. The molecule has 0 atom stereocenters. The smallest absolute Gasteiger partial charge is 0.243 e. The van der Waals surface area contributed by atoms with Crippen LogP contribution < -0.4 is 17.0 Å². The van der Waals surface area contributed by atoms with Crippen molar-refractivity contribution in [1.29, 1.82) is 0 Å². The van der Waals surface area contributed by atoms with E-state index in [0.29, 0.717) is 0 Å². The van der Waals surface area contributed by atoms with Gasteiger partial charge in [-0.15, -0.1) is 0 Å². The third-order valence-electron chi connectivity index (χ3n) is 10.1. The molecule has 0 N–H and O–H groups in total. The highest BCUT2D eigenvalue weighted by Crippen LogP contribution is 2.24. The van der Waals surface area contributed by atoms with E-state index in [2.05, 4.69) is 48.6 Å². The molecule has 1 aromatic rings. The Morgan fingerprint density at radius 1 is 0.432 bits per heavy atom. The summed E-state index contributed by atoms with van der Waals surface area (Å²) in [5, 5.41) is 0. The first-order valence-electron chi connectivity index (χ1n) is 20.3. The zero-order valence-electron chi connectivity index (χ0n) is 30.6. The van der Waals surface area contributed by atoms with Crippen LogP contribution >= 0.6 is 0 Å². The number of hydrogen-bond donors (Lipinski definition) is 0. The highest BCUT2D eigenvalue weighted by molar-refractivity contribution is 4.65. The number of unbranched alkanes of at least 4 members (excludes halogenated alkanes) is 26. The van der Waals surface area contributed by atoms with E-state index < -0.39 is 0 Å². The molecule has 262 valence electrons. The standard InChI is InChI=1S/C41H81N2.ClH/c1-4-7-9-11-13-15-17-19-21-23-25-27-29-31-34-41(36-33-37-43-39-38-42(6-3)40-43)35-32-30-28-26-24-22-20-18-16-14-12-10-8-5-2;/h38-41H,4-37H2,1-3H3;1H/q+1;/p-1. The first-order valence-corrected chi connectivity index (χ1v) is 20.3. The largest absolute Gasteiger partial charge is 1.00 e. The van der Waals surface area contributed by atoms with Crippen LogP contribution in [0.25, 0.3) is 0 Å². The van der Waals surface area contributed by atoms with Crippen molar-refractivity contribution in [3.05, 3.63) is 18.7 Å². The lowest BCUT2D eigenvalue weighted by atomic mass is 9.90. The molecule has 0 unspecified atom stereocenters. The van der Waals surface area contributed by atoms with Gasteiger partial charge >= 0.3 is 0 Å². The van der Waals surface area contributed by atoms with E-state index in [1.807, 2.05) is 0 Å². The third kappa shape index (κ3) is 28.9. The van der Waals surface area contributed by atoms with Gasteiger partial charge in [-0.05, 0) is 25.7 Å². The summed E-state index contributed by atoms with van der Waals surface area (Å²) in [5.41, 5.74) is 0. The Bertz CT molecular complexity index is 625. The zero-order chi connectivity index (χ0) is 30.9. The summed E-state index contributed by atoms with van der Waals surface area (Å²) >= 11 is 0. The molecule has 1 rings (SSSR count). The van der Waals surface area contributed by atoms with E-state index >= 15 is 0 Å². The molecule has 3 heteroatoms. The van der Waals surface area contributed by atoms with Gasteiger partial charge in [-0.1, -0.05) is 206 Å². The fraction of sp³-hybridized carbons (Fsp3) is 0.927. The van der Waals surface area contributed by atoms with Crippen molar-refractivity contribution in [3.63, 3.8) is 0 Å². The summed E-state index contributed by atoms with van der Waals surface area (Å²) in [6.07, 6.45) is 53.5. The van der Waals surface area contributed by atoms with Gasteiger partial charge in [0, 0.05) is 0 Å². The van der Waals surface area contributed by atoms with Crippen molar-refractivity contribution < 1.29 is 17.0 Å². The predicted molar refractivity (Wildman–Crippen MR) is 193 cm³/mol. The van der Waals surface area contributed by atoms with E-state index in [1.54, 1.807) is 0 Å². The summed E-state index contributed by atoms with van der Waals surface area (Å²) in [4.78, 5) is 0. The van der Waals surface area contributed by atoms with Crippen LogP contribution in [-0.4, -0.2) is 4.57 Å². The molecule has 1 heterocycles. The van der Waals surface area contributed by atoms with Crippen molar-refractivity contribution in [3.8, 4) is 0 Å². The van der Waals surface area contributed by atoms with E-state index in [-0.39, 0.29) is 12.4 Å². The Morgan fingerprint density at radius 2 is 0.750 bits per heavy atom. The number of aromatic nitrogens is 2. The van der Waals surface area contributed by atoms with E-state index in [0.717, 1.165) is 12.5 Å². The molecule has 0 aliphatic rings. The molecule has 0 saturated heterocycles. The van der Waals surface area contributed by atoms with Crippen LogP contribution in [0.2, 0.25) is 0 Å². The Hall–Kier alpha value is -0.500. The second-order valence-electron chi connectivity index (χ2n) is 14.3. The van der Waals surface area contributed by atoms with E-state index in [4.69, 9.17) is 0 Å². The number of aryl methyl sites for hydroxylation is 2. The second kappa shape index (κ2) is 35.4. The minimum Gasteiger partial charge on any atom is -1.00 e. The highest BCUT2D eigenvalue weighted by Gasteiger charge is 2.10. The van der Waals surface area contributed by atoms with Gasteiger partial charge in [0.15, 0.2) is 0 Å². The number of halogens is 1. The van der Waals surface area contributed by atoms with Gasteiger partial charge in [0.1, 0.15) is 12.4 Å². The zero-order valence-corrected chi connectivity index (χ0v) is 31.4. The molecule has 0 spiro atoms. The Kier molecular flexibility index (Phi) is 35.0. The Balaban J connectivity index is 0.0000185. The van der Waals surface area contributed by atoms with Crippen LogP contribution in [0.5, 0.6) is 0 Å². The monoisotopic (exact) mass is 637 g/mol. The molecule has 0 saturated carbocycles. The number of nitrogens with zero attached hydrogens (tertiary/aromatic N) is 2. The van der Waals surface area contributed by atoms with Gasteiger partial charge in [0.2, 0.25) is 6.33 Å². The maximum Gasteiger partial charge on any atom is 0.243 e. The quantitative estimate of drug-likeness (QED) is 0.0517. The number of hydrogen-bond acceptors (Lipinski definition) is 0. The summed E-state index contributed by atoms with van der Waals surface area (Å²) in [6, 6.07) is 0. The molecule has 0 aliphatic carbocycles. The molecule has 0 amide bonds. The molecule has 0 radical (unpaired) electrons. The first kappa shape index (κ1) is 43.5. The summed E-state index contributed by atoms with van der Waals surface area (Å²) in [7, 11) is 0. The molecule has 1 aromatic heterocycles. The molecule has 0 fully saturated rings. The fourth-order valence-corrected chi connectivity index (χ4v) is 7.01. The molecule has 2 nitrogen and oxygen atoms in total. The van der Waals surface area contributed by atoms with Crippen LogP contribution in [0, 0.1) is 5.92 Å². The topological polar surface area (TPSA) is 8.81 Å². The summed E-state index contributed by atoms with van der Waals surface area (Å²) in [5.74, 6) is 0.962. The average Bonchev–Trinajstić information content (AvgIpc) is 3.49. The van der Waals surface area contributed by atoms with E-state index in [9.17, 15) is 0 Å². The molecule has 0 aromatic carbocycles. The molecule has 0 bridgehead atoms. The minimum atomic E-state index is 0. The van der Waals surface area contributed by atoms with Crippen LogP contribution in [0.3, 0.4) is 0 Å². The molecule has 44 heavy (non-hydrogen) atoms. The lowest BCUT2D eigenvalue weighted by molar-refractivity contribution is -0.697. The fourth-order valence-electron chi connectivity index (χ4n) is 7.01. The highest BCUT2D eigenvalue weighted by atomic mass is 35.5. The van der Waals surface area contributed by atoms with Crippen molar-refractivity contribution in [2.75, 3.05) is 0 Å². The van der Waals surface area contributed by atoms with Crippen LogP contribution in [0.1, 0.15) is 226 Å².